The Morgan fingerprint density at radius 1 is 0.941 bits per heavy atom. The standard InChI is InChI=1S/C27H34N4O3/c1-4-28(5-2)24(32)19-30-20-31(23-9-7-6-8-10-23)27(26(30)34)15-17-29(18-16-27)25(33)22-13-11-21(3)12-14-22/h6-14H,4-5,15-20H2,1-3H3. The molecule has 0 N–H and O–H groups in total. The monoisotopic (exact) mass is 462 g/mol. The molecular weight excluding hydrogens is 428 g/mol. The van der Waals surface area contributed by atoms with Crippen LogP contribution in [0.2, 0.25) is 0 Å². The molecule has 7 nitrogen and oxygen atoms in total. The fraction of sp³-hybridized carbons (Fsp3) is 0.444. The van der Waals surface area contributed by atoms with E-state index in [2.05, 4.69) is 4.90 Å². The molecule has 0 saturated carbocycles. The molecule has 2 aliphatic rings. The Labute approximate surface area is 201 Å². The summed E-state index contributed by atoms with van der Waals surface area (Å²) in [4.78, 5) is 47.1. The number of aryl methyl sites for hydroxylation is 1. The number of anilines is 1. The van der Waals surface area contributed by atoms with Gasteiger partial charge in [-0.15, -0.1) is 0 Å². The van der Waals surface area contributed by atoms with Gasteiger partial charge in [0.2, 0.25) is 5.91 Å². The van der Waals surface area contributed by atoms with Gasteiger partial charge in [0, 0.05) is 37.4 Å². The van der Waals surface area contributed by atoms with E-state index < -0.39 is 5.54 Å². The summed E-state index contributed by atoms with van der Waals surface area (Å²) in [5, 5.41) is 0. The van der Waals surface area contributed by atoms with Crippen LogP contribution in [0.3, 0.4) is 0 Å². The molecule has 180 valence electrons. The topological polar surface area (TPSA) is 64.2 Å². The van der Waals surface area contributed by atoms with Crippen molar-refractivity contribution >= 4 is 23.4 Å². The molecule has 34 heavy (non-hydrogen) atoms. The van der Waals surface area contributed by atoms with E-state index in [1.807, 2.05) is 80.3 Å². The average molecular weight is 463 g/mol. The molecular formula is C27H34N4O3. The van der Waals surface area contributed by atoms with Crippen molar-refractivity contribution in [1.82, 2.24) is 14.7 Å². The number of piperidine rings is 1. The predicted molar refractivity (Wildman–Crippen MR) is 132 cm³/mol. The summed E-state index contributed by atoms with van der Waals surface area (Å²) < 4.78 is 0. The van der Waals surface area contributed by atoms with Crippen LogP contribution in [0.25, 0.3) is 0 Å². The summed E-state index contributed by atoms with van der Waals surface area (Å²) >= 11 is 0. The fourth-order valence-corrected chi connectivity index (χ4v) is 5.12. The zero-order valence-electron chi connectivity index (χ0n) is 20.4. The minimum Gasteiger partial charge on any atom is -0.342 e. The first-order valence-electron chi connectivity index (χ1n) is 12.2. The van der Waals surface area contributed by atoms with E-state index in [0.29, 0.717) is 51.3 Å². The minimum absolute atomic E-state index is 0.000115. The van der Waals surface area contributed by atoms with E-state index in [-0.39, 0.29) is 24.3 Å². The summed E-state index contributed by atoms with van der Waals surface area (Å²) in [6.07, 6.45) is 1.07. The Morgan fingerprint density at radius 2 is 1.56 bits per heavy atom. The molecule has 0 atom stereocenters. The second kappa shape index (κ2) is 9.87. The van der Waals surface area contributed by atoms with Gasteiger partial charge in [-0.3, -0.25) is 14.4 Å². The molecule has 0 aliphatic carbocycles. The number of likely N-dealkylation sites (tertiary alicyclic amines) is 1. The number of carbonyl (C=O) groups excluding carboxylic acids is 3. The van der Waals surface area contributed by atoms with Crippen LogP contribution in [-0.2, 0) is 9.59 Å². The number of benzene rings is 2. The molecule has 2 fully saturated rings. The molecule has 2 aromatic rings. The van der Waals surface area contributed by atoms with Gasteiger partial charge in [-0.2, -0.15) is 0 Å². The molecule has 0 bridgehead atoms. The lowest BCUT2D eigenvalue weighted by atomic mass is 9.85. The van der Waals surface area contributed by atoms with Crippen molar-refractivity contribution in [3.05, 3.63) is 65.7 Å². The fourth-order valence-electron chi connectivity index (χ4n) is 5.12. The van der Waals surface area contributed by atoms with Gasteiger partial charge in [-0.25, -0.2) is 0 Å². The van der Waals surface area contributed by atoms with Gasteiger partial charge in [-0.1, -0.05) is 35.9 Å². The Hall–Kier alpha value is -3.35. The third-order valence-corrected chi connectivity index (χ3v) is 7.20. The number of hydrogen-bond acceptors (Lipinski definition) is 4. The maximum Gasteiger partial charge on any atom is 0.253 e. The van der Waals surface area contributed by atoms with Crippen molar-refractivity contribution in [3.63, 3.8) is 0 Å². The van der Waals surface area contributed by atoms with Crippen molar-refractivity contribution in [2.24, 2.45) is 0 Å². The predicted octanol–water partition coefficient (Wildman–Crippen LogP) is 3.14. The van der Waals surface area contributed by atoms with Gasteiger partial charge in [-0.05, 0) is 57.9 Å². The van der Waals surface area contributed by atoms with Gasteiger partial charge in [0.25, 0.3) is 11.8 Å². The van der Waals surface area contributed by atoms with Crippen LogP contribution in [0.5, 0.6) is 0 Å². The van der Waals surface area contributed by atoms with E-state index in [0.717, 1.165) is 11.3 Å². The SMILES string of the molecule is CCN(CC)C(=O)CN1CN(c2ccccc2)C2(CCN(C(=O)c3ccc(C)cc3)CC2)C1=O. The molecule has 1 spiro atoms. The summed E-state index contributed by atoms with van der Waals surface area (Å²) in [5.41, 5.74) is 2.01. The summed E-state index contributed by atoms with van der Waals surface area (Å²) in [6, 6.07) is 17.5. The molecule has 2 aromatic carbocycles. The molecule has 0 unspecified atom stereocenters. The molecule has 4 rings (SSSR count). The Kier molecular flexibility index (Phi) is 6.91. The minimum atomic E-state index is -0.741. The summed E-state index contributed by atoms with van der Waals surface area (Å²) in [6.45, 7) is 8.61. The highest BCUT2D eigenvalue weighted by atomic mass is 16.2. The number of rotatable bonds is 6. The second-order valence-corrected chi connectivity index (χ2v) is 9.16. The van der Waals surface area contributed by atoms with Crippen LogP contribution in [0.15, 0.2) is 54.6 Å². The van der Waals surface area contributed by atoms with Crippen molar-refractivity contribution in [1.29, 1.82) is 0 Å². The van der Waals surface area contributed by atoms with E-state index in [9.17, 15) is 14.4 Å². The maximum atomic E-state index is 13.8. The largest absolute Gasteiger partial charge is 0.342 e. The summed E-state index contributed by atoms with van der Waals surface area (Å²) in [7, 11) is 0. The van der Waals surface area contributed by atoms with Crippen molar-refractivity contribution in [3.8, 4) is 0 Å². The molecule has 0 radical (unpaired) electrons. The number of likely N-dealkylation sites (N-methyl/N-ethyl adjacent to an activating group) is 1. The number of para-hydroxylation sites is 1. The number of hydrogen-bond donors (Lipinski definition) is 0. The Bertz CT molecular complexity index is 1030. The molecule has 2 heterocycles. The smallest absolute Gasteiger partial charge is 0.253 e. The van der Waals surface area contributed by atoms with Crippen molar-refractivity contribution in [2.45, 2.75) is 39.2 Å². The van der Waals surface area contributed by atoms with E-state index in [4.69, 9.17) is 0 Å². The lowest BCUT2D eigenvalue weighted by molar-refractivity contribution is -0.140. The molecule has 7 heteroatoms. The number of carbonyl (C=O) groups is 3. The highest BCUT2D eigenvalue weighted by Gasteiger charge is 2.54. The highest BCUT2D eigenvalue weighted by molar-refractivity contribution is 5.97. The van der Waals surface area contributed by atoms with Crippen LogP contribution >= 0.6 is 0 Å². The average Bonchev–Trinajstić information content (AvgIpc) is 3.12. The van der Waals surface area contributed by atoms with Gasteiger partial charge < -0.3 is 19.6 Å². The first-order chi connectivity index (χ1) is 16.4. The maximum absolute atomic E-state index is 13.8. The first kappa shape index (κ1) is 23.8. The van der Waals surface area contributed by atoms with Crippen LogP contribution in [0, 0.1) is 6.92 Å². The normalized spacial score (nSPS) is 17.4. The third kappa shape index (κ3) is 4.39. The Balaban J connectivity index is 1.55. The van der Waals surface area contributed by atoms with Crippen LogP contribution in [0.4, 0.5) is 5.69 Å². The Morgan fingerprint density at radius 3 is 2.15 bits per heavy atom. The second-order valence-electron chi connectivity index (χ2n) is 9.16. The van der Waals surface area contributed by atoms with Gasteiger partial charge in [0.1, 0.15) is 12.1 Å². The number of nitrogens with zero attached hydrogens (tertiary/aromatic N) is 4. The third-order valence-electron chi connectivity index (χ3n) is 7.20. The molecule has 0 aromatic heterocycles. The van der Waals surface area contributed by atoms with Gasteiger partial charge >= 0.3 is 0 Å². The van der Waals surface area contributed by atoms with Crippen LogP contribution in [0.1, 0.15) is 42.6 Å². The van der Waals surface area contributed by atoms with E-state index >= 15 is 0 Å². The zero-order chi connectivity index (χ0) is 24.3. The zero-order valence-corrected chi connectivity index (χ0v) is 20.4. The van der Waals surface area contributed by atoms with Crippen LogP contribution < -0.4 is 4.90 Å². The molecule has 3 amide bonds. The van der Waals surface area contributed by atoms with Gasteiger partial charge in [0.15, 0.2) is 0 Å². The first-order valence-corrected chi connectivity index (χ1v) is 12.2. The van der Waals surface area contributed by atoms with E-state index in [1.54, 1.807) is 9.80 Å². The highest BCUT2D eigenvalue weighted by Crippen LogP contribution is 2.39. The van der Waals surface area contributed by atoms with Crippen molar-refractivity contribution < 1.29 is 14.4 Å². The molecule has 2 aliphatic heterocycles. The number of amides is 3. The quantitative estimate of drug-likeness (QED) is 0.662. The lowest BCUT2D eigenvalue weighted by Gasteiger charge is -2.43. The molecule has 2 saturated heterocycles. The van der Waals surface area contributed by atoms with Crippen molar-refractivity contribution in [2.75, 3.05) is 44.3 Å². The van der Waals surface area contributed by atoms with Crippen LogP contribution in [-0.4, -0.2) is 77.4 Å². The van der Waals surface area contributed by atoms with Gasteiger partial charge in [0.05, 0.1) is 6.67 Å². The summed E-state index contributed by atoms with van der Waals surface area (Å²) in [5.74, 6) is -0.0465. The lowest BCUT2D eigenvalue weighted by Crippen LogP contribution is -2.57. The van der Waals surface area contributed by atoms with E-state index in [1.165, 1.54) is 0 Å².